The molecule has 16 nitrogen and oxygen atoms in total. The maximum atomic E-state index is 12.7. The van der Waals surface area contributed by atoms with Crippen LogP contribution in [0.15, 0.2) is 55.2 Å². The lowest BCUT2D eigenvalue weighted by Crippen LogP contribution is -2.16. The first kappa shape index (κ1) is 31.6. The highest BCUT2D eigenvalue weighted by molar-refractivity contribution is 7.94. The van der Waals surface area contributed by atoms with Crippen LogP contribution in [0.2, 0.25) is 0 Å². The molecule has 3 aromatic carbocycles. The summed E-state index contributed by atoms with van der Waals surface area (Å²) in [4.78, 5) is -0.757. The maximum absolute atomic E-state index is 12.7. The first-order valence-corrected chi connectivity index (χ1v) is 15.7. The van der Waals surface area contributed by atoms with Gasteiger partial charge in [-0.15, -0.1) is 9.45 Å². The molecule has 6 N–H and O–H groups in total. The number of azo groups is 1. The number of aromatic hydroxyl groups is 1. The molecule has 218 valence electrons. The van der Waals surface area contributed by atoms with E-state index in [0.29, 0.717) is 12.0 Å². The standard InChI is InChI=1S/C20H21N3O13S4/c1-10-6-16(38(26,27)4-3-34-40(31,32)33)11(2)5-14(10)22-23-20-18-12(8-17(19(20)21)39(28,29)30)7-13(9-15(18)24)37-36-35-25/h5-9,24-25H,3-4,21H2,1-2H3,(H,28,29,30)(H,31,32,33). The van der Waals surface area contributed by atoms with Crippen molar-refractivity contribution in [2.45, 2.75) is 28.5 Å². The van der Waals surface area contributed by atoms with Gasteiger partial charge in [0, 0.05) is 4.90 Å². The van der Waals surface area contributed by atoms with Crippen molar-refractivity contribution in [2.75, 3.05) is 18.1 Å². The second-order valence-corrected chi connectivity index (χ2v) is 13.4. The van der Waals surface area contributed by atoms with Crippen LogP contribution in [-0.4, -0.2) is 57.1 Å². The fourth-order valence-electron chi connectivity index (χ4n) is 3.56. The van der Waals surface area contributed by atoms with E-state index in [9.17, 15) is 34.9 Å². The molecule has 0 saturated heterocycles. The Bertz CT molecular complexity index is 1820. The summed E-state index contributed by atoms with van der Waals surface area (Å²) >= 11 is 0.467. The van der Waals surface area contributed by atoms with E-state index in [2.05, 4.69) is 23.8 Å². The Morgan fingerprint density at radius 2 is 1.60 bits per heavy atom. The normalized spacial score (nSPS) is 12.9. The number of benzene rings is 3. The Hall–Kier alpha value is -2.92. The largest absolute Gasteiger partial charge is 0.507 e. The lowest BCUT2D eigenvalue weighted by molar-refractivity contribution is -0.432. The Morgan fingerprint density at radius 3 is 2.20 bits per heavy atom. The summed E-state index contributed by atoms with van der Waals surface area (Å²) in [6.07, 6.45) is 0. The zero-order valence-corrected chi connectivity index (χ0v) is 23.6. The van der Waals surface area contributed by atoms with E-state index in [1.54, 1.807) is 0 Å². The molecule has 0 saturated carbocycles. The molecule has 0 radical (unpaired) electrons. The van der Waals surface area contributed by atoms with Crippen LogP contribution in [0.3, 0.4) is 0 Å². The minimum Gasteiger partial charge on any atom is -0.507 e. The molecule has 0 unspecified atom stereocenters. The predicted molar refractivity (Wildman–Crippen MR) is 140 cm³/mol. The van der Waals surface area contributed by atoms with Crippen LogP contribution in [0, 0.1) is 13.8 Å². The number of nitrogens with zero attached hydrogens (tertiary/aromatic N) is 2. The Labute approximate surface area is 232 Å². The fraction of sp³-hybridized carbons (Fsp3) is 0.200. The van der Waals surface area contributed by atoms with Crippen molar-refractivity contribution in [3.8, 4) is 5.75 Å². The number of phenols is 1. The van der Waals surface area contributed by atoms with Crippen LogP contribution in [0.4, 0.5) is 17.1 Å². The molecule has 3 rings (SSSR count). The molecule has 0 aliphatic heterocycles. The van der Waals surface area contributed by atoms with E-state index in [1.165, 1.54) is 38.1 Å². The Balaban J connectivity index is 2.11. The quantitative estimate of drug-likeness (QED) is 0.0502. The van der Waals surface area contributed by atoms with Crippen molar-refractivity contribution in [3.63, 3.8) is 0 Å². The van der Waals surface area contributed by atoms with Crippen molar-refractivity contribution < 1.29 is 58.3 Å². The molecule has 0 aliphatic carbocycles. The summed E-state index contributed by atoms with van der Waals surface area (Å²) in [7, 11) is -13.7. The molecule has 40 heavy (non-hydrogen) atoms. The second kappa shape index (κ2) is 11.9. The summed E-state index contributed by atoms with van der Waals surface area (Å²) in [6.45, 7) is 2.10. The van der Waals surface area contributed by atoms with Gasteiger partial charge in [-0.3, -0.25) is 9.11 Å². The van der Waals surface area contributed by atoms with Gasteiger partial charge in [0.25, 0.3) is 10.1 Å². The van der Waals surface area contributed by atoms with Crippen molar-refractivity contribution in [1.82, 2.24) is 0 Å². The predicted octanol–water partition coefficient (Wildman–Crippen LogP) is 3.43. The van der Waals surface area contributed by atoms with Crippen molar-refractivity contribution >= 4 is 70.2 Å². The number of aryl methyl sites for hydroxylation is 2. The summed E-state index contributed by atoms with van der Waals surface area (Å²) in [6, 6.07) is 6.03. The molecule has 3 aromatic rings. The van der Waals surface area contributed by atoms with Gasteiger partial charge >= 0.3 is 10.4 Å². The zero-order chi connectivity index (χ0) is 30.0. The third-order valence-electron chi connectivity index (χ3n) is 5.27. The average Bonchev–Trinajstić information content (AvgIpc) is 2.81. The summed E-state index contributed by atoms with van der Waals surface area (Å²) in [5, 5.41) is 30.5. The van der Waals surface area contributed by atoms with Gasteiger partial charge in [0.15, 0.2) is 9.84 Å². The number of nitrogens with two attached hydrogens (primary N) is 1. The van der Waals surface area contributed by atoms with Gasteiger partial charge in [0.05, 0.1) is 46.1 Å². The molecule has 0 atom stereocenters. The van der Waals surface area contributed by atoms with Crippen molar-refractivity contribution in [2.24, 2.45) is 10.2 Å². The van der Waals surface area contributed by atoms with Gasteiger partial charge in [-0.25, -0.2) is 17.9 Å². The van der Waals surface area contributed by atoms with Gasteiger partial charge in [-0.1, -0.05) is 5.04 Å². The Kier molecular flexibility index (Phi) is 9.40. The van der Waals surface area contributed by atoms with Gasteiger partial charge in [0.1, 0.15) is 16.3 Å². The van der Waals surface area contributed by atoms with Crippen LogP contribution in [0.5, 0.6) is 5.75 Å². The maximum Gasteiger partial charge on any atom is 0.397 e. The molecule has 0 aliphatic rings. The first-order chi connectivity index (χ1) is 18.4. The van der Waals surface area contributed by atoms with Crippen LogP contribution < -0.4 is 5.73 Å². The van der Waals surface area contributed by atoms with Crippen LogP contribution in [0.25, 0.3) is 10.8 Å². The van der Waals surface area contributed by atoms with Crippen molar-refractivity contribution in [1.29, 1.82) is 0 Å². The topological polar surface area (TPSA) is 262 Å². The summed E-state index contributed by atoms with van der Waals surface area (Å²) in [5.41, 5.74) is 5.68. The molecule has 0 fully saturated rings. The van der Waals surface area contributed by atoms with Crippen LogP contribution in [0.1, 0.15) is 11.1 Å². The number of rotatable bonds is 11. The van der Waals surface area contributed by atoms with E-state index in [4.69, 9.17) is 15.5 Å². The first-order valence-electron chi connectivity index (χ1n) is 10.5. The van der Waals surface area contributed by atoms with Gasteiger partial charge in [0.2, 0.25) is 0 Å². The number of hydrogen-bond acceptors (Lipinski definition) is 15. The van der Waals surface area contributed by atoms with E-state index in [0.717, 1.165) is 6.07 Å². The second-order valence-electron chi connectivity index (χ2n) is 8.05. The van der Waals surface area contributed by atoms with Crippen LogP contribution in [-0.2, 0) is 43.9 Å². The number of nitrogen functional groups attached to an aromatic ring is 1. The average molecular weight is 640 g/mol. The number of hydrogen-bond donors (Lipinski definition) is 5. The monoisotopic (exact) mass is 639 g/mol. The third kappa shape index (κ3) is 7.42. The number of anilines is 1. The molecular formula is C20H21N3O13S4. The molecule has 0 heterocycles. The van der Waals surface area contributed by atoms with E-state index in [-0.39, 0.29) is 43.1 Å². The van der Waals surface area contributed by atoms with Gasteiger partial charge in [-0.05, 0) is 60.7 Å². The van der Waals surface area contributed by atoms with E-state index < -0.39 is 59.0 Å². The minimum absolute atomic E-state index is 0.0290. The van der Waals surface area contributed by atoms with E-state index >= 15 is 0 Å². The minimum atomic E-state index is -4.87. The van der Waals surface area contributed by atoms with Crippen molar-refractivity contribution in [3.05, 3.63) is 41.5 Å². The highest BCUT2D eigenvalue weighted by atomic mass is 32.3. The summed E-state index contributed by atoms with van der Waals surface area (Å²) < 4.78 is 97.4. The van der Waals surface area contributed by atoms with E-state index in [1.807, 2.05) is 0 Å². The lowest BCUT2D eigenvalue weighted by atomic mass is 10.1. The fourth-order valence-corrected chi connectivity index (χ4v) is 6.49. The number of sulfone groups is 1. The smallest absolute Gasteiger partial charge is 0.397 e. The molecule has 0 aromatic heterocycles. The number of fused-ring (bicyclic) bond motifs is 1. The highest BCUT2D eigenvalue weighted by Crippen LogP contribution is 2.44. The SMILES string of the molecule is Cc1cc(S(=O)(=O)CCOS(=O)(=O)O)c(C)cc1N=Nc1c(N)c(S(=O)(=O)O)cc2cc(SOOO)cc(O)c12. The molecule has 20 heteroatoms. The summed E-state index contributed by atoms with van der Waals surface area (Å²) in [5.74, 6) is -1.21. The van der Waals surface area contributed by atoms with Gasteiger partial charge in [-0.2, -0.15) is 21.9 Å². The molecule has 0 bridgehead atoms. The zero-order valence-electron chi connectivity index (χ0n) is 20.4. The Morgan fingerprint density at radius 1 is 0.925 bits per heavy atom. The highest BCUT2D eigenvalue weighted by Gasteiger charge is 2.23. The molecule has 0 amide bonds. The molecular weight excluding hydrogens is 618 g/mol. The van der Waals surface area contributed by atoms with Gasteiger partial charge < -0.3 is 10.8 Å². The molecule has 0 spiro atoms. The number of phenolic OH excluding ortho intramolecular Hbond substituents is 1. The lowest BCUT2D eigenvalue weighted by Gasteiger charge is -2.13. The third-order valence-corrected chi connectivity index (χ3v) is 9.00. The van der Waals surface area contributed by atoms with Crippen LogP contribution >= 0.6 is 12.0 Å².